The topological polar surface area (TPSA) is 201 Å². The molecule has 368 valence electrons. The zero-order valence-corrected chi connectivity index (χ0v) is 39.8. The zero-order valence-electron chi connectivity index (χ0n) is 39.8. The summed E-state index contributed by atoms with van der Waals surface area (Å²) < 4.78 is 16.0. The molecule has 3 bridgehead atoms. The standard InChI is InChI=1S/C26H38N2O6.C26H36N2O5/c1-34-26(33)22-16-19-12-13-21(30)15-20(19)17-28(22)25(32)24(18-9-5-4-6-10-18)27-23(31)11-7-2-3-8-14-29;1-32-26(31)22-16-19-12-13-21-15-20(19)17-28(22)25(30)24(18-9-5-4-6-10-18)27-23(29)11-7-2-3-8-14-33-21/h12-13,15,18,22,24,29-30H,2-11,14,16-17H2,1H3,(H,27,31);12-13,15,18,22,24H,2-11,14,16-17H2,1H3,(H,27,29)/t2*22-,24-/m00/s1. The van der Waals surface area contributed by atoms with Gasteiger partial charge in [0.2, 0.25) is 23.6 Å². The number of amides is 4. The molecular weight excluding hydrogens is 857 g/mol. The van der Waals surface area contributed by atoms with Gasteiger partial charge in [0.05, 0.1) is 20.8 Å². The number of phenolic OH excluding ortho intramolecular Hbond substituents is 1. The van der Waals surface area contributed by atoms with Crippen LogP contribution in [0.25, 0.3) is 0 Å². The number of aromatic hydroxyl groups is 1. The molecule has 3 heterocycles. The van der Waals surface area contributed by atoms with E-state index in [0.29, 0.717) is 45.3 Å². The SMILES string of the molecule is COC(=O)[C@@H]1Cc2ccc(O)cc2CN1C(=O)[C@@H](NC(=O)CCCCCCO)C1CCCCC1.COC(=O)[C@@H]1Cc2ccc3cc2CN1C(=O)[C@H](C1CCCCC1)NC(=O)CCCCCCO3. The number of methoxy groups -OCH3 is 2. The van der Waals surface area contributed by atoms with E-state index >= 15 is 0 Å². The van der Waals surface area contributed by atoms with Crippen molar-refractivity contribution in [3.8, 4) is 11.5 Å². The fourth-order valence-corrected chi connectivity index (χ4v) is 10.6. The van der Waals surface area contributed by atoms with E-state index in [2.05, 4.69) is 10.6 Å². The molecule has 5 aliphatic rings. The highest BCUT2D eigenvalue weighted by molar-refractivity contribution is 5.92. The lowest BCUT2D eigenvalue weighted by Crippen LogP contribution is -2.58. The molecule has 0 spiro atoms. The lowest BCUT2D eigenvalue weighted by atomic mass is 9.82. The van der Waals surface area contributed by atoms with E-state index in [4.69, 9.17) is 19.3 Å². The van der Waals surface area contributed by atoms with Crippen LogP contribution in [0.2, 0.25) is 0 Å². The number of ether oxygens (including phenoxy) is 3. The zero-order chi connectivity index (χ0) is 47.7. The van der Waals surface area contributed by atoms with Crippen LogP contribution in [-0.4, -0.2) is 107 Å². The number of aliphatic hydroxyl groups is 1. The summed E-state index contributed by atoms with van der Waals surface area (Å²) >= 11 is 0. The van der Waals surface area contributed by atoms with Gasteiger partial charge in [-0.05, 0) is 110 Å². The minimum Gasteiger partial charge on any atom is -0.508 e. The van der Waals surface area contributed by atoms with Crippen LogP contribution in [0.5, 0.6) is 11.5 Å². The normalized spacial score (nSPS) is 22.2. The van der Waals surface area contributed by atoms with Crippen molar-refractivity contribution >= 4 is 35.6 Å². The molecule has 15 heteroatoms. The maximum atomic E-state index is 13.9. The molecule has 2 aromatic carbocycles. The largest absolute Gasteiger partial charge is 0.508 e. The predicted octanol–water partition coefficient (Wildman–Crippen LogP) is 6.35. The average molecular weight is 931 g/mol. The molecule has 67 heavy (non-hydrogen) atoms. The Morgan fingerprint density at radius 2 is 1.37 bits per heavy atom. The Morgan fingerprint density at radius 3 is 2.09 bits per heavy atom. The Labute approximate surface area is 396 Å². The quantitative estimate of drug-likeness (QED) is 0.137. The number of benzene rings is 2. The second-order valence-corrected chi connectivity index (χ2v) is 19.1. The minimum absolute atomic E-state index is 0.0310. The smallest absolute Gasteiger partial charge is 0.328 e. The summed E-state index contributed by atoms with van der Waals surface area (Å²) in [5.41, 5.74) is 3.72. The van der Waals surface area contributed by atoms with Crippen LogP contribution >= 0.6 is 0 Å². The first-order valence-electron chi connectivity index (χ1n) is 25.0. The predicted molar refractivity (Wildman–Crippen MR) is 250 cm³/mol. The summed E-state index contributed by atoms with van der Waals surface area (Å²) in [6.45, 7) is 1.28. The fourth-order valence-electron chi connectivity index (χ4n) is 10.6. The number of hydrogen-bond donors (Lipinski definition) is 4. The maximum absolute atomic E-state index is 13.9. The van der Waals surface area contributed by atoms with E-state index in [1.165, 1.54) is 19.1 Å². The lowest BCUT2D eigenvalue weighted by Gasteiger charge is -2.40. The molecule has 2 aliphatic carbocycles. The molecule has 4 N–H and O–H groups in total. The number of hydrogen-bond acceptors (Lipinski definition) is 11. The second kappa shape index (κ2) is 25.8. The molecule has 15 nitrogen and oxygen atoms in total. The van der Waals surface area contributed by atoms with Gasteiger partial charge >= 0.3 is 11.9 Å². The highest BCUT2D eigenvalue weighted by atomic mass is 16.5. The second-order valence-electron chi connectivity index (χ2n) is 19.1. The molecule has 2 saturated carbocycles. The van der Waals surface area contributed by atoms with Crippen molar-refractivity contribution in [3.05, 3.63) is 58.7 Å². The van der Waals surface area contributed by atoms with Gasteiger partial charge in [-0.25, -0.2) is 9.59 Å². The van der Waals surface area contributed by atoms with Gasteiger partial charge in [-0.2, -0.15) is 0 Å². The van der Waals surface area contributed by atoms with Crippen molar-refractivity contribution in [1.82, 2.24) is 20.4 Å². The highest BCUT2D eigenvalue weighted by Gasteiger charge is 2.43. The Bertz CT molecular complexity index is 2000. The molecule has 0 saturated heterocycles. The third-order valence-electron chi connectivity index (χ3n) is 14.4. The van der Waals surface area contributed by atoms with E-state index < -0.39 is 36.1 Å². The molecule has 2 aromatic rings. The summed E-state index contributed by atoms with van der Waals surface area (Å²) in [5.74, 6) is -0.522. The van der Waals surface area contributed by atoms with Gasteiger partial charge in [0.15, 0.2) is 0 Å². The molecule has 4 atom stereocenters. The summed E-state index contributed by atoms with van der Waals surface area (Å²) in [5, 5.41) is 24.9. The van der Waals surface area contributed by atoms with Crippen LogP contribution in [0, 0.1) is 11.8 Å². The molecule has 7 rings (SSSR count). The molecule has 0 unspecified atom stereocenters. The number of unbranched alkanes of at least 4 members (excludes halogenated alkanes) is 3. The summed E-state index contributed by atoms with van der Waals surface area (Å²) in [6, 6.07) is 8.17. The van der Waals surface area contributed by atoms with Crippen LogP contribution in [0.3, 0.4) is 0 Å². The van der Waals surface area contributed by atoms with Crippen molar-refractivity contribution in [2.45, 2.75) is 179 Å². The van der Waals surface area contributed by atoms with E-state index in [1.54, 1.807) is 23.1 Å². The van der Waals surface area contributed by atoms with Crippen LogP contribution < -0.4 is 15.4 Å². The number of fused-ring (bicyclic) bond motifs is 3. The first kappa shape index (κ1) is 51.2. The van der Waals surface area contributed by atoms with Crippen molar-refractivity contribution in [1.29, 1.82) is 0 Å². The molecule has 0 radical (unpaired) electrons. The summed E-state index contributed by atoms with van der Waals surface area (Å²) in [7, 11) is 2.67. The Kier molecular flexibility index (Phi) is 19.7. The van der Waals surface area contributed by atoms with Gasteiger partial charge in [-0.15, -0.1) is 0 Å². The molecule has 2 fully saturated rings. The van der Waals surface area contributed by atoms with E-state index in [-0.39, 0.29) is 54.4 Å². The number of carbonyl (C=O) groups excluding carboxylic acids is 6. The Morgan fingerprint density at radius 1 is 0.746 bits per heavy atom. The van der Waals surface area contributed by atoms with Gasteiger partial charge in [-0.1, -0.05) is 76.3 Å². The molecular formula is C52H74N4O11. The molecule has 4 amide bonds. The monoisotopic (exact) mass is 931 g/mol. The van der Waals surface area contributed by atoms with Gasteiger partial charge in [0.25, 0.3) is 0 Å². The third kappa shape index (κ3) is 14.2. The summed E-state index contributed by atoms with van der Waals surface area (Å²) in [6.07, 6.45) is 18.3. The number of carbonyl (C=O) groups is 6. The van der Waals surface area contributed by atoms with E-state index in [1.807, 2.05) is 18.2 Å². The van der Waals surface area contributed by atoms with Crippen LogP contribution in [-0.2, 0) is 64.2 Å². The van der Waals surface area contributed by atoms with Gasteiger partial charge in [0, 0.05) is 45.4 Å². The number of phenols is 1. The minimum atomic E-state index is -0.768. The van der Waals surface area contributed by atoms with Crippen molar-refractivity contribution < 1.29 is 53.2 Å². The van der Waals surface area contributed by atoms with Crippen molar-refractivity contribution in [2.75, 3.05) is 27.4 Å². The van der Waals surface area contributed by atoms with E-state index in [9.17, 15) is 33.9 Å². The lowest BCUT2D eigenvalue weighted by molar-refractivity contribution is -0.156. The van der Waals surface area contributed by atoms with Crippen LogP contribution in [0.1, 0.15) is 151 Å². The van der Waals surface area contributed by atoms with Crippen LogP contribution in [0.15, 0.2) is 36.4 Å². The number of rotatable bonds is 12. The van der Waals surface area contributed by atoms with Gasteiger partial charge in [-0.3, -0.25) is 19.2 Å². The van der Waals surface area contributed by atoms with Crippen LogP contribution in [0.4, 0.5) is 0 Å². The van der Waals surface area contributed by atoms with E-state index in [0.717, 1.165) is 137 Å². The average Bonchev–Trinajstić information content (AvgIpc) is 3.35. The molecule has 3 aliphatic heterocycles. The molecule has 0 aromatic heterocycles. The number of nitrogens with zero attached hydrogens (tertiary/aromatic N) is 2. The first-order valence-corrected chi connectivity index (χ1v) is 25.0. The van der Waals surface area contributed by atoms with Gasteiger partial charge in [0.1, 0.15) is 35.7 Å². The van der Waals surface area contributed by atoms with Gasteiger partial charge < -0.3 is 44.9 Å². The number of esters is 2. The highest BCUT2D eigenvalue weighted by Crippen LogP contribution is 2.34. The first-order chi connectivity index (χ1) is 32.5. The Hall–Kier alpha value is -5.18. The van der Waals surface area contributed by atoms with Crippen molar-refractivity contribution in [3.63, 3.8) is 0 Å². The number of nitrogens with one attached hydrogen (secondary N) is 2. The maximum Gasteiger partial charge on any atom is 0.328 e. The van der Waals surface area contributed by atoms with Crippen molar-refractivity contribution in [2.24, 2.45) is 11.8 Å². The third-order valence-corrected chi connectivity index (χ3v) is 14.4. The summed E-state index contributed by atoms with van der Waals surface area (Å²) in [4.78, 5) is 81.9. The number of aliphatic hydroxyl groups excluding tert-OH is 1. The fraction of sp³-hybridized carbons (Fsp3) is 0.654. The Balaban J connectivity index is 0.000000221.